The molecule has 0 unspecified atom stereocenters. The van der Waals surface area contributed by atoms with Gasteiger partial charge in [0.15, 0.2) is 0 Å². The fourth-order valence-corrected chi connectivity index (χ4v) is 9.30. The molecule has 0 heterocycles. The molecule has 2 amide bonds. The Morgan fingerprint density at radius 2 is 0.552 bits per heavy atom. The number of carbonyl (C=O) groups is 3. The van der Waals surface area contributed by atoms with Gasteiger partial charge in [0.05, 0.1) is 324 Å². The van der Waals surface area contributed by atoms with E-state index in [0.29, 0.717) is 337 Å². The predicted molar refractivity (Wildman–Crippen MR) is 383 cm³/mol. The summed E-state index contributed by atoms with van der Waals surface area (Å²) in [4.78, 5) is 36.7. The SMILES string of the molecule is COCCOCCOCCOCCOCCOCCOCCOCCOCCOCCOCCOCCOCCOCCOCCOCCOCCOCCOCCOCCOCCOCCOCCOCCOCCC(=O)NCCCC[C@H](NC(=O)OCC1c2ccccc2-c2ccccc21)C(=O)O. The molecule has 32 nitrogen and oxygen atoms in total. The van der Waals surface area contributed by atoms with Gasteiger partial charge >= 0.3 is 12.1 Å². The largest absolute Gasteiger partial charge is 0.480 e. The third-order valence-corrected chi connectivity index (χ3v) is 14.6. The summed E-state index contributed by atoms with van der Waals surface area (Å²) in [6.07, 6.45) is 0.620. The third-order valence-electron chi connectivity index (χ3n) is 14.6. The Balaban J connectivity index is 0.868. The molecule has 3 rings (SSSR count). The number of amides is 2. The van der Waals surface area contributed by atoms with Gasteiger partial charge in [-0.05, 0) is 41.5 Å². The Kier molecular flexibility index (Phi) is 67.8. The summed E-state index contributed by atoms with van der Waals surface area (Å²) in [6, 6.07) is 14.9. The van der Waals surface area contributed by atoms with Crippen molar-refractivity contribution in [3.8, 4) is 11.1 Å². The second kappa shape index (κ2) is 75.1. The van der Waals surface area contributed by atoms with Crippen molar-refractivity contribution in [2.45, 2.75) is 37.6 Å². The van der Waals surface area contributed by atoms with Crippen molar-refractivity contribution in [3.05, 3.63) is 59.7 Å². The van der Waals surface area contributed by atoms with Gasteiger partial charge in [-0.1, -0.05) is 48.5 Å². The van der Waals surface area contributed by atoms with E-state index >= 15 is 0 Å². The average molecular weight is 1510 g/mol. The predicted octanol–water partition coefficient (Wildman–Crippen LogP) is 3.70. The number of fused-ring (bicyclic) bond motifs is 3. The maximum Gasteiger partial charge on any atom is 0.407 e. The molecule has 0 spiro atoms. The lowest BCUT2D eigenvalue weighted by molar-refractivity contribution is -0.139. The second-order valence-corrected chi connectivity index (χ2v) is 22.6. The summed E-state index contributed by atoms with van der Waals surface area (Å²) in [7, 11) is 1.64. The van der Waals surface area contributed by atoms with Crippen LogP contribution in [0.15, 0.2) is 48.5 Å². The number of rotatable bonds is 84. The Labute approximate surface area is 621 Å². The van der Waals surface area contributed by atoms with Gasteiger partial charge in [0.25, 0.3) is 0 Å². The Bertz CT molecular complexity index is 2190. The Morgan fingerprint density at radius 1 is 0.324 bits per heavy atom. The molecule has 1 atom stereocenters. The quantitative estimate of drug-likeness (QED) is 0.0795. The fourth-order valence-electron chi connectivity index (χ4n) is 9.30. The summed E-state index contributed by atoms with van der Waals surface area (Å²) in [6.45, 7) is 23.5. The normalized spacial score (nSPS) is 12.3. The van der Waals surface area contributed by atoms with Crippen molar-refractivity contribution in [1.29, 1.82) is 0 Å². The zero-order chi connectivity index (χ0) is 74.5. The molecule has 1 aliphatic rings. The van der Waals surface area contributed by atoms with E-state index in [9.17, 15) is 19.5 Å². The molecule has 105 heavy (non-hydrogen) atoms. The van der Waals surface area contributed by atoms with Gasteiger partial charge in [0, 0.05) is 26.0 Å². The average Bonchev–Trinajstić information content (AvgIpc) is 1.62. The van der Waals surface area contributed by atoms with Crippen LogP contribution in [0.25, 0.3) is 11.1 Å². The molecule has 0 saturated carbocycles. The molecular formula is C73H126N2O30. The van der Waals surface area contributed by atoms with Crippen LogP contribution < -0.4 is 10.6 Å². The van der Waals surface area contributed by atoms with E-state index in [1.807, 2.05) is 48.5 Å². The topological polar surface area (TPSA) is 335 Å². The number of alkyl carbamates (subject to hydrolysis) is 1. The first-order valence-electron chi connectivity index (χ1n) is 37.0. The van der Waals surface area contributed by atoms with Crippen molar-refractivity contribution in [2.75, 3.05) is 344 Å². The monoisotopic (exact) mass is 1510 g/mol. The van der Waals surface area contributed by atoms with Gasteiger partial charge in [-0.25, -0.2) is 9.59 Å². The van der Waals surface area contributed by atoms with Crippen LogP contribution in [0, 0.1) is 0 Å². The van der Waals surface area contributed by atoms with Crippen molar-refractivity contribution in [2.24, 2.45) is 0 Å². The first-order chi connectivity index (χ1) is 52.0. The minimum Gasteiger partial charge on any atom is -0.480 e. The smallest absolute Gasteiger partial charge is 0.407 e. The van der Waals surface area contributed by atoms with Crippen LogP contribution in [0.4, 0.5) is 4.79 Å². The Morgan fingerprint density at radius 3 is 0.790 bits per heavy atom. The van der Waals surface area contributed by atoms with E-state index < -0.39 is 18.1 Å². The highest BCUT2D eigenvalue weighted by molar-refractivity contribution is 5.81. The maximum absolute atomic E-state index is 12.6. The molecule has 1 aliphatic carbocycles. The minimum atomic E-state index is -1.15. The van der Waals surface area contributed by atoms with E-state index in [4.69, 9.17) is 123 Å². The molecule has 0 saturated heterocycles. The van der Waals surface area contributed by atoms with Crippen LogP contribution >= 0.6 is 0 Å². The summed E-state index contributed by atoms with van der Waals surface area (Å²) < 4.78 is 143. The molecule has 0 bridgehead atoms. The van der Waals surface area contributed by atoms with Gasteiger partial charge in [-0.15, -0.1) is 0 Å². The third kappa shape index (κ3) is 59.2. The van der Waals surface area contributed by atoms with Crippen LogP contribution in [0.2, 0.25) is 0 Å². The molecule has 608 valence electrons. The number of carboxylic acids is 1. The van der Waals surface area contributed by atoms with Gasteiger partial charge in [-0.2, -0.15) is 0 Å². The molecule has 3 N–H and O–H groups in total. The number of benzene rings is 2. The number of hydrogen-bond acceptors (Lipinski definition) is 29. The number of methoxy groups -OCH3 is 1. The van der Waals surface area contributed by atoms with E-state index in [1.165, 1.54) is 0 Å². The lowest BCUT2D eigenvalue weighted by atomic mass is 9.98. The van der Waals surface area contributed by atoms with E-state index in [0.717, 1.165) is 22.3 Å². The molecule has 2 aromatic rings. The molecular weight excluding hydrogens is 1380 g/mol. The van der Waals surface area contributed by atoms with Crippen molar-refractivity contribution < 1.29 is 143 Å². The molecule has 0 radical (unpaired) electrons. The maximum atomic E-state index is 12.6. The van der Waals surface area contributed by atoms with Crippen LogP contribution in [0.5, 0.6) is 0 Å². The summed E-state index contributed by atoms with van der Waals surface area (Å²) in [5.41, 5.74) is 4.35. The number of nitrogens with one attached hydrogen (secondary N) is 2. The highest BCUT2D eigenvalue weighted by atomic mass is 16.6. The summed E-state index contributed by atoms with van der Waals surface area (Å²) >= 11 is 0. The highest BCUT2D eigenvalue weighted by Crippen LogP contribution is 2.44. The molecule has 2 aromatic carbocycles. The lowest BCUT2D eigenvalue weighted by Crippen LogP contribution is -2.41. The van der Waals surface area contributed by atoms with Gasteiger partial charge < -0.3 is 139 Å². The van der Waals surface area contributed by atoms with E-state index in [-0.39, 0.29) is 37.9 Å². The van der Waals surface area contributed by atoms with Crippen molar-refractivity contribution in [1.82, 2.24) is 10.6 Å². The lowest BCUT2D eigenvalue weighted by Gasteiger charge is -2.17. The number of ether oxygens (including phenoxy) is 26. The number of carbonyl (C=O) groups excluding carboxylic acids is 2. The summed E-state index contributed by atoms with van der Waals surface area (Å²) in [5.74, 6) is -1.45. The van der Waals surface area contributed by atoms with E-state index in [1.54, 1.807) is 7.11 Å². The molecule has 0 aromatic heterocycles. The zero-order valence-electron chi connectivity index (χ0n) is 62.5. The minimum absolute atomic E-state index is 0.0916. The van der Waals surface area contributed by atoms with Crippen LogP contribution in [0.3, 0.4) is 0 Å². The van der Waals surface area contributed by atoms with Gasteiger partial charge in [-0.3, -0.25) is 4.79 Å². The van der Waals surface area contributed by atoms with Crippen LogP contribution in [-0.2, 0) is 133 Å². The first kappa shape index (κ1) is 94.9. The second-order valence-electron chi connectivity index (χ2n) is 22.6. The fraction of sp³-hybridized carbons (Fsp3) is 0.795. The van der Waals surface area contributed by atoms with Gasteiger partial charge in [0.2, 0.25) is 5.91 Å². The van der Waals surface area contributed by atoms with Crippen LogP contribution in [0.1, 0.15) is 42.7 Å². The number of carboxylic acid groups (broad SMARTS) is 1. The summed E-state index contributed by atoms with van der Waals surface area (Å²) in [5, 5.41) is 15.0. The first-order valence-corrected chi connectivity index (χ1v) is 37.0. The van der Waals surface area contributed by atoms with Crippen LogP contribution in [-0.4, -0.2) is 373 Å². The van der Waals surface area contributed by atoms with Gasteiger partial charge in [0.1, 0.15) is 12.6 Å². The molecule has 0 fully saturated rings. The van der Waals surface area contributed by atoms with Crippen molar-refractivity contribution >= 4 is 18.0 Å². The number of aliphatic carboxylic acids is 1. The Hall–Kier alpha value is -4.35. The molecule has 32 heteroatoms. The molecule has 0 aliphatic heterocycles. The van der Waals surface area contributed by atoms with Crippen molar-refractivity contribution in [3.63, 3.8) is 0 Å². The number of unbranched alkanes of at least 4 members (excludes halogenated alkanes) is 1. The number of hydrogen-bond donors (Lipinski definition) is 3. The van der Waals surface area contributed by atoms with E-state index in [2.05, 4.69) is 10.6 Å². The zero-order valence-corrected chi connectivity index (χ0v) is 62.5. The highest BCUT2D eigenvalue weighted by Gasteiger charge is 2.30. The standard InChI is InChI=1S/C73H126N2O30/c1-80-16-17-82-20-21-84-24-25-86-28-29-88-32-33-90-36-37-92-40-41-94-44-45-96-48-49-98-52-53-100-56-57-102-60-61-104-63-62-103-59-58-101-55-54-99-51-50-97-47-46-95-43-42-93-39-38-91-35-34-89-31-30-87-27-26-85-23-22-83-19-18-81-15-13-71(76)74-14-7-6-12-70(72(77)78)75-73(79)105-64-69-67-10-4-2-8-65(67)66-9-3-5-11-68(66)69/h2-5,8-11,69-70H,6-7,12-64H2,1H3,(H,74,76)(H,75,79)(H,77,78)/t70-/m0/s1.